The van der Waals surface area contributed by atoms with Gasteiger partial charge in [0.2, 0.25) is 0 Å². The molecule has 2 aromatic rings. The number of aryl methyl sites for hydroxylation is 1. The summed E-state index contributed by atoms with van der Waals surface area (Å²) in [7, 11) is 0. The molecule has 2 heterocycles. The van der Waals surface area contributed by atoms with E-state index in [0.717, 1.165) is 37.1 Å². The highest BCUT2D eigenvalue weighted by molar-refractivity contribution is 7.98. The Kier molecular flexibility index (Phi) is 9.43. The lowest BCUT2D eigenvalue weighted by Crippen LogP contribution is -2.40. The van der Waals surface area contributed by atoms with E-state index in [4.69, 9.17) is 10.3 Å². The maximum absolute atomic E-state index is 12.6. The molecule has 1 amide bonds. The summed E-state index contributed by atoms with van der Waals surface area (Å²) in [6.45, 7) is 1.86. The number of amides is 1. The lowest BCUT2D eigenvalue weighted by atomic mass is 9.92. The minimum Gasteiger partial charge on any atom is -0.361 e. The van der Waals surface area contributed by atoms with Crippen LogP contribution in [0.4, 0.5) is 0 Å². The van der Waals surface area contributed by atoms with Crippen LogP contribution in [-0.2, 0) is 5.75 Å². The second kappa shape index (κ2) is 10.8. The number of halogens is 2. The quantitative estimate of drug-likeness (QED) is 0.721. The summed E-state index contributed by atoms with van der Waals surface area (Å²) in [4.78, 5) is 17.0. The number of carbonyl (C=O) groups excluding carboxylic acids is 1. The van der Waals surface area contributed by atoms with Crippen molar-refractivity contribution in [3.63, 3.8) is 0 Å². The number of rotatable bonds is 5. The Balaban J connectivity index is 0.00000169. The molecular weight excluding hydrogens is 395 g/mol. The molecule has 0 atom stereocenters. The molecule has 0 aliphatic heterocycles. The molecule has 144 valence electrons. The maximum Gasteiger partial charge on any atom is 0.254 e. The van der Waals surface area contributed by atoms with Gasteiger partial charge in [0.15, 0.2) is 0 Å². The summed E-state index contributed by atoms with van der Waals surface area (Å²) in [5.74, 6) is 1.33. The van der Waals surface area contributed by atoms with E-state index in [0.29, 0.717) is 16.3 Å². The number of hydrogen-bond donors (Lipinski definition) is 2. The number of hydrogen-bond acceptors (Lipinski definition) is 6. The van der Waals surface area contributed by atoms with E-state index in [1.807, 2.05) is 19.1 Å². The van der Waals surface area contributed by atoms with Crippen LogP contribution in [0, 0.1) is 6.92 Å². The lowest BCUT2D eigenvalue weighted by molar-refractivity contribution is 0.0922. The van der Waals surface area contributed by atoms with Crippen LogP contribution < -0.4 is 11.1 Å². The molecule has 0 radical (unpaired) electrons. The second-order valence-corrected chi connectivity index (χ2v) is 7.12. The van der Waals surface area contributed by atoms with Gasteiger partial charge in [0.25, 0.3) is 5.91 Å². The monoisotopic (exact) mass is 418 g/mol. The van der Waals surface area contributed by atoms with Gasteiger partial charge >= 0.3 is 0 Å². The predicted octanol–water partition coefficient (Wildman–Crippen LogP) is 3.51. The molecule has 1 aliphatic carbocycles. The third-order valence-corrected chi connectivity index (χ3v) is 5.20. The Morgan fingerprint density at radius 1 is 1.35 bits per heavy atom. The first-order chi connectivity index (χ1) is 11.6. The van der Waals surface area contributed by atoms with Gasteiger partial charge in [-0.3, -0.25) is 4.79 Å². The van der Waals surface area contributed by atoms with Crippen molar-refractivity contribution in [1.82, 2.24) is 15.5 Å². The van der Waals surface area contributed by atoms with Crippen LogP contribution in [0.5, 0.6) is 0 Å². The van der Waals surface area contributed by atoms with E-state index < -0.39 is 0 Å². The van der Waals surface area contributed by atoms with Crippen LogP contribution >= 0.6 is 36.6 Å². The predicted molar refractivity (Wildman–Crippen MR) is 107 cm³/mol. The zero-order valence-electron chi connectivity index (χ0n) is 14.5. The summed E-state index contributed by atoms with van der Waals surface area (Å²) in [5.41, 5.74) is 7.37. The fraction of sp³-hybridized carbons (Fsp3) is 0.471. The smallest absolute Gasteiger partial charge is 0.254 e. The largest absolute Gasteiger partial charge is 0.361 e. The number of nitrogens with zero attached hydrogens (tertiary/aromatic N) is 2. The Morgan fingerprint density at radius 3 is 2.73 bits per heavy atom. The fourth-order valence-corrected chi connectivity index (χ4v) is 3.71. The fourth-order valence-electron chi connectivity index (χ4n) is 2.83. The van der Waals surface area contributed by atoms with Crippen molar-refractivity contribution in [2.45, 2.75) is 55.5 Å². The summed E-state index contributed by atoms with van der Waals surface area (Å²) < 4.78 is 5.07. The van der Waals surface area contributed by atoms with E-state index in [1.165, 1.54) is 11.8 Å². The van der Waals surface area contributed by atoms with Crippen LogP contribution in [0.2, 0.25) is 0 Å². The van der Waals surface area contributed by atoms with Gasteiger partial charge in [0.05, 0.1) is 11.3 Å². The van der Waals surface area contributed by atoms with Crippen LogP contribution in [0.1, 0.15) is 47.5 Å². The highest BCUT2D eigenvalue weighted by atomic mass is 35.5. The first-order valence-corrected chi connectivity index (χ1v) is 9.17. The van der Waals surface area contributed by atoms with Gasteiger partial charge < -0.3 is 15.6 Å². The lowest BCUT2D eigenvalue weighted by Gasteiger charge is -2.27. The molecular formula is C17H24Cl2N4O2S. The molecule has 0 spiro atoms. The van der Waals surface area contributed by atoms with E-state index in [9.17, 15) is 4.79 Å². The van der Waals surface area contributed by atoms with Gasteiger partial charge in [0.1, 0.15) is 10.8 Å². The third-order valence-electron chi connectivity index (χ3n) is 4.16. The molecule has 6 nitrogen and oxygen atoms in total. The molecule has 3 N–H and O–H groups in total. The van der Waals surface area contributed by atoms with Crippen molar-refractivity contribution in [2.75, 3.05) is 0 Å². The summed E-state index contributed by atoms with van der Waals surface area (Å²) in [6.07, 6.45) is 5.50. The summed E-state index contributed by atoms with van der Waals surface area (Å²) in [6, 6.07) is 5.96. The zero-order chi connectivity index (χ0) is 16.9. The van der Waals surface area contributed by atoms with Crippen molar-refractivity contribution >= 4 is 42.5 Å². The van der Waals surface area contributed by atoms with E-state index in [2.05, 4.69) is 15.5 Å². The van der Waals surface area contributed by atoms with Gasteiger partial charge in [-0.25, -0.2) is 4.98 Å². The summed E-state index contributed by atoms with van der Waals surface area (Å²) >= 11 is 1.49. The number of carbonyl (C=O) groups is 1. The molecule has 0 saturated heterocycles. The van der Waals surface area contributed by atoms with Gasteiger partial charge in [-0.15, -0.1) is 24.8 Å². The van der Waals surface area contributed by atoms with Crippen molar-refractivity contribution in [3.8, 4) is 0 Å². The average molecular weight is 419 g/mol. The van der Waals surface area contributed by atoms with Crippen LogP contribution in [-0.4, -0.2) is 28.1 Å². The standard InChI is InChI=1S/C17H22N4O2S.2ClH/c1-11-9-14(21-23-11)10-24-17-15(3-2-8-19-17)16(22)20-13-6-4-12(18)5-7-13;;/h2-3,8-9,12-13H,4-7,10,18H2,1H3,(H,20,22);2*1H. The van der Waals surface area contributed by atoms with E-state index in [-0.39, 0.29) is 42.8 Å². The molecule has 1 aliphatic rings. The highest BCUT2D eigenvalue weighted by Gasteiger charge is 2.22. The van der Waals surface area contributed by atoms with Crippen molar-refractivity contribution < 1.29 is 9.32 Å². The minimum absolute atomic E-state index is 0. The number of thioether (sulfide) groups is 1. The number of nitrogens with one attached hydrogen (secondary N) is 1. The molecule has 26 heavy (non-hydrogen) atoms. The molecule has 0 bridgehead atoms. The van der Waals surface area contributed by atoms with Crippen LogP contribution in [0.15, 0.2) is 33.9 Å². The van der Waals surface area contributed by atoms with E-state index in [1.54, 1.807) is 12.3 Å². The molecule has 9 heteroatoms. The zero-order valence-corrected chi connectivity index (χ0v) is 17.0. The van der Waals surface area contributed by atoms with Gasteiger partial charge in [0, 0.05) is 30.1 Å². The molecule has 1 saturated carbocycles. The summed E-state index contributed by atoms with van der Waals surface area (Å²) in [5, 5.41) is 7.80. The Labute approximate surface area is 169 Å². The molecule has 2 aromatic heterocycles. The second-order valence-electron chi connectivity index (χ2n) is 6.16. The topological polar surface area (TPSA) is 94.0 Å². The molecule has 1 fully saturated rings. The average Bonchev–Trinajstić information content (AvgIpc) is 3.01. The number of aromatic nitrogens is 2. The maximum atomic E-state index is 12.6. The molecule has 3 rings (SSSR count). The van der Waals surface area contributed by atoms with Crippen molar-refractivity contribution in [1.29, 1.82) is 0 Å². The van der Waals surface area contributed by atoms with E-state index >= 15 is 0 Å². The van der Waals surface area contributed by atoms with Crippen LogP contribution in [0.25, 0.3) is 0 Å². The molecule has 0 aromatic carbocycles. The van der Waals surface area contributed by atoms with Crippen LogP contribution in [0.3, 0.4) is 0 Å². The van der Waals surface area contributed by atoms with Crippen molar-refractivity contribution in [2.24, 2.45) is 5.73 Å². The Hall–Kier alpha value is -1.28. The Bertz CT molecular complexity index is 706. The van der Waals surface area contributed by atoms with Gasteiger partial charge in [-0.2, -0.15) is 0 Å². The minimum atomic E-state index is -0.0672. The Morgan fingerprint density at radius 2 is 2.08 bits per heavy atom. The van der Waals surface area contributed by atoms with Gasteiger partial charge in [-0.05, 0) is 44.7 Å². The van der Waals surface area contributed by atoms with Gasteiger partial charge in [-0.1, -0.05) is 16.9 Å². The number of nitrogens with two attached hydrogens (primary N) is 1. The number of pyridine rings is 1. The first-order valence-electron chi connectivity index (χ1n) is 8.18. The van der Waals surface area contributed by atoms with Crippen molar-refractivity contribution in [3.05, 3.63) is 41.4 Å². The SMILES string of the molecule is Cc1cc(CSc2ncccc2C(=O)NC2CCC(N)CC2)no1.Cl.Cl. The third kappa shape index (κ3) is 6.16. The first kappa shape index (κ1) is 22.8. The highest BCUT2D eigenvalue weighted by Crippen LogP contribution is 2.25. The molecule has 0 unspecified atom stereocenters. The normalized spacial score (nSPS) is 19.2.